The van der Waals surface area contributed by atoms with Crippen molar-refractivity contribution in [3.8, 4) is 23.0 Å². The van der Waals surface area contributed by atoms with E-state index in [0.29, 0.717) is 5.56 Å². The first kappa shape index (κ1) is 30.3. The molecular formula is C32H32F6O. The minimum Gasteiger partial charge on any atom is -0.363 e. The van der Waals surface area contributed by atoms with E-state index in [0.717, 1.165) is 53.0 Å². The summed E-state index contributed by atoms with van der Waals surface area (Å²) in [4.78, 5) is 0. The van der Waals surface area contributed by atoms with Crippen LogP contribution in [-0.2, 0) is 11.8 Å². The average Bonchev–Trinajstić information content (AvgIpc) is 2.88. The van der Waals surface area contributed by atoms with Gasteiger partial charge < -0.3 is 5.11 Å². The molecule has 0 atom stereocenters. The summed E-state index contributed by atoms with van der Waals surface area (Å²) in [7, 11) is 0. The van der Waals surface area contributed by atoms with Crippen molar-refractivity contribution in [2.24, 2.45) is 0 Å². The monoisotopic (exact) mass is 546 g/mol. The third-order valence-corrected chi connectivity index (χ3v) is 7.64. The normalized spacial score (nSPS) is 12.7. The Morgan fingerprint density at radius 1 is 0.692 bits per heavy atom. The largest absolute Gasteiger partial charge is 0.438 e. The second-order valence-corrected chi connectivity index (χ2v) is 9.86. The van der Waals surface area contributed by atoms with Gasteiger partial charge in [-0.2, -0.15) is 26.3 Å². The van der Waals surface area contributed by atoms with Crippen LogP contribution in [0.2, 0.25) is 0 Å². The Morgan fingerprint density at radius 3 is 1.64 bits per heavy atom. The maximum atomic E-state index is 13.0. The SMILES string of the molecule is CCc1ccc(-c2ccc(C(CC)(CC)c3ccc(C#CC(O)(C(F)(F)F)C(F)(F)F)c(C)c3)cc2C)cc1. The van der Waals surface area contributed by atoms with Crippen molar-refractivity contribution in [2.75, 3.05) is 0 Å². The van der Waals surface area contributed by atoms with Crippen LogP contribution in [0, 0.1) is 25.7 Å². The van der Waals surface area contributed by atoms with E-state index in [9.17, 15) is 31.4 Å². The minimum atomic E-state index is -5.99. The fourth-order valence-corrected chi connectivity index (χ4v) is 5.00. The number of aryl methyl sites for hydroxylation is 3. The number of hydrogen-bond acceptors (Lipinski definition) is 1. The van der Waals surface area contributed by atoms with Crippen molar-refractivity contribution in [3.05, 3.63) is 94.0 Å². The van der Waals surface area contributed by atoms with Crippen molar-refractivity contribution >= 4 is 0 Å². The third-order valence-electron chi connectivity index (χ3n) is 7.64. The molecule has 1 N–H and O–H groups in total. The van der Waals surface area contributed by atoms with E-state index in [1.807, 2.05) is 19.8 Å². The number of rotatable bonds is 6. The zero-order chi connectivity index (χ0) is 29.2. The Kier molecular flexibility index (Phi) is 8.62. The van der Waals surface area contributed by atoms with Crippen LogP contribution < -0.4 is 0 Å². The van der Waals surface area contributed by atoms with Crippen LogP contribution in [0.1, 0.15) is 67.0 Å². The Hall–Kier alpha value is -3.24. The van der Waals surface area contributed by atoms with Gasteiger partial charge >= 0.3 is 18.0 Å². The van der Waals surface area contributed by atoms with Crippen LogP contribution in [-0.4, -0.2) is 23.1 Å². The summed E-state index contributed by atoms with van der Waals surface area (Å²) in [5.74, 6) is 2.97. The number of alkyl halides is 6. The second kappa shape index (κ2) is 11.1. The predicted octanol–water partition coefficient (Wildman–Crippen LogP) is 8.85. The van der Waals surface area contributed by atoms with Crippen LogP contribution in [0.3, 0.4) is 0 Å². The van der Waals surface area contributed by atoms with Gasteiger partial charge in [0.25, 0.3) is 0 Å². The van der Waals surface area contributed by atoms with E-state index in [1.165, 1.54) is 11.6 Å². The van der Waals surface area contributed by atoms with E-state index in [1.54, 1.807) is 19.1 Å². The Balaban J connectivity index is 2.04. The van der Waals surface area contributed by atoms with Crippen LogP contribution in [0.4, 0.5) is 26.3 Å². The molecule has 3 aromatic carbocycles. The molecule has 1 nitrogen and oxygen atoms in total. The molecule has 0 aromatic heterocycles. The van der Waals surface area contributed by atoms with E-state index in [2.05, 4.69) is 56.3 Å². The summed E-state index contributed by atoms with van der Waals surface area (Å²) in [6.07, 6.45) is -9.58. The quantitative estimate of drug-likeness (QED) is 0.242. The molecule has 0 aliphatic heterocycles. The molecule has 0 aliphatic carbocycles. The molecule has 208 valence electrons. The van der Waals surface area contributed by atoms with Gasteiger partial charge in [-0.05, 0) is 84.0 Å². The fourth-order valence-electron chi connectivity index (χ4n) is 5.00. The van der Waals surface area contributed by atoms with Gasteiger partial charge in [0, 0.05) is 11.0 Å². The van der Waals surface area contributed by atoms with Crippen molar-refractivity contribution in [1.82, 2.24) is 0 Å². The smallest absolute Gasteiger partial charge is 0.363 e. The van der Waals surface area contributed by atoms with Crippen LogP contribution >= 0.6 is 0 Å². The first-order valence-electron chi connectivity index (χ1n) is 12.8. The Labute approximate surface area is 225 Å². The molecule has 3 rings (SSSR count). The maximum Gasteiger partial charge on any atom is 0.438 e. The molecule has 0 bridgehead atoms. The summed E-state index contributed by atoms with van der Waals surface area (Å²) >= 11 is 0. The lowest BCUT2D eigenvalue weighted by atomic mass is 9.69. The standard InChI is InChI=1S/C32H32F6O/c1-6-23-9-11-25(12-10-23)28-16-15-27(20-22(28)5)29(7-2,8-3)26-14-13-24(21(4)19-26)17-18-30(39,31(33,34)35)32(36,37)38/h9-16,19-20,39H,6-8H2,1-5H3. The average molecular weight is 547 g/mol. The molecule has 7 heteroatoms. The van der Waals surface area contributed by atoms with E-state index in [4.69, 9.17) is 0 Å². The van der Waals surface area contributed by atoms with Gasteiger partial charge in [0.1, 0.15) is 0 Å². The first-order chi connectivity index (χ1) is 18.1. The highest BCUT2D eigenvalue weighted by Crippen LogP contribution is 2.43. The van der Waals surface area contributed by atoms with Gasteiger partial charge in [0.05, 0.1) is 0 Å². The molecule has 0 saturated carbocycles. The molecule has 0 amide bonds. The molecule has 0 fully saturated rings. The van der Waals surface area contributed by atoms with Crippen LogP contribution in [0.15, 0.2) is 60.7 Å². The van der Waals surface area contributed by atoms with Gasteiger partial charge in [-0.3, -0.25) is 0 Å². The van der Waals surface area contributed by atoms with Crippen LogP contribution in [0.25, 0.3) is 11.1 Å². The van der Waals surface area contributed by atoms with Gasteiger partial charge in [-0.15, -0.1) is 0 Å². The molecule has 3 aromatic rings. The van der Waals surface area contributed by atoms with Crippen molar-refractivity contribution in [2.45, 2.75) is 77.2 Å². The fraction of sp³-hybridized carbons (Fsp3) is 0.375. The predicted molar refractivity (Wildman–Crippen MR) is 142 cm³/mol. The first-order valence-corrected chi connectivity index (χ1v) is 12.8. The summed E-state index contributed by atoms with van der Waals surface area (Å²) < 4.78 is 78.2. The van der Waals surface area contributed by atoms with E-state index < -0.39 is 23.4 Å². The Morgan fingerprint density at radius 2 is 1.21 bits per heavy atom. The third kappa shape index (κ3) is 5.72. The number of hydrogen-bond donors (Lipinski definition) is 1. The van der Waals surface area contributed by atoms with E-state index >= 15 is 0 Å². The lowest BCUT2D eigenvalue weighted by Gasteiger charge is -2.34. The van der Waals surface area contributed by atoms with Gasteiger partial charge in [0.15, 0.2) is 0 Å². The highest BCUT2D eigenvalue weighted by Gasteiger charge is 2.70. The lowest BCUT2D eigenvalue weighted by Crippen LogP contribution is -2.55. The van der Waals surface area contributed by atoms with Gasteiger partial charge in [-0.1, -0.05) is 81.3 Å². The Bertz CT molecular complexity index is 1350. The van der Waals surface area contributed by atoms with Gasteiger partial charge in [-0.25, -0.2) is 0 Å². The van der Waals surface area contributed by atoms with Crippen molar-refractivity contribution < 1.29 is 31.4 Å². The summed E-state index contributed by atoms with van der Waals surface area (Å²) in [5.41, 5.74) is 1.41. The summed E-state index contributed by atoms with van der Waals surface area (Å²) in [6, 6.07) is 19.6. The molecule has 39 heavy (non-hydrogen) atoms. The number of benzene rings is 3. The van der Waals surface area contributed by atoms with Crippen molar-refractivity contribution in [3.63, 3.8) is 0 Å². The maximum absolute atomic E-state index is 13.0. The van der Waals surface area contributed by atoms with Gasteiger partial charge in [0.2, 0.25) is 0 Å². The summed E-state index contributed by atoms with van der Waals surface area (Å²) in [6.45, 7) is 9.83. The molecule has 0 aliphatic rings. The minimum absolute atomic E-state index is 0.0196. The van der Waals surface area contributed by atoms with E-state index in [-0.39, 0.29) is 5.56 Å². The molecular weight excluding hydrogens is 514 g/mol. The second-order valence-electron chi connectivity index (χ2n) is 9.86. The zero-order valence-electron chi connectivity index (χ0n) is 22.6. The highest BCUT2D eigenvalue weighted by atomic mass is 19.4. The topological polar surface area (TPSA) is 20.2 Å². The molecule has 0 spiro atoms. The zero-order valence-corrected chi connectivity index (χ0v) is 22.6. The lowest BCUT2D eigenvalue weighted by molar-refractivity contribution is -0.343. The van der Waals surface area contributed by atoms with Crippen molar-refractivity contribution in [1.29, 1.82) is 0 Å². The van der Waals surface area contributed by atoms with Crippen LogP contribution in [0.5, 0.6) is 0 Å². The molecule has 0 heterocycles. The number of aliphatic hydroxyl groups is 1. The highest BCUT2D eigenvalue weighted by molar-refractivity contribution is 5.68. The number of halogens is 6. The molecule has 0 unspecified atom stereocenters. The molecule has 0 radical (unpaired) electrons. The summed E-state index contributed by atoms with van der Waals surface area (Å²) in [5, 5.41) is 9.38. The molecule has 0 saturated heterocycles.